The van der Waals surface area contributed by atoms with E-state index in [1.165, 1.54) is 0 Å². The van der Waals surface area contributed by atoms with Gasteiger partial charge in [-0.1, -0.05) is 35.9 Å². The second kappa shape index (κ2) is 9.71. The van der Waals surface area contributed by atoms with E-state index in [2.05, 4.69) is 5.10 Å². The molecule has 4 rings (SSSR count). The van der Waals surface area contributed by atoms with Gasteiger partial charge in [0.15, 0.2) is 5.69 Å². The number of alkyl halides is 3. The summed E-state index contributed by atoms with van der Waals surface area (Å²) in [5.41, 5.74) is 0.243. The fourth-order valence-electron chi connectivity index (χ4n) is 3.97. The van der Waals surface area contributed by atoms with E-state index in [4.69, 9.17) is 16.7 Å². The van der Waals surface area contributed by atoms with Crippen molar-refractivity contribution in [2.75, 3.05) is 26.2 Å². The molecule has 35 heavy (non-hydrogen) atoms. The topological polar surface area (TPSA) is 78.7 Å². The molecular weight excluding hydrogens is 485 g/mol. The predicted octanol–water partition coefficient (Wildman–Crippen LogP) is 4.44. The number of carboxylic acids is 1. The molecule has 0 radical (unpaired) electrons. The lowest BCUT2D eigenvalue weighted by Crippen LogP contribution is -2.53. The molecule has 1 aliphatic rings. The number of halogens is 4. The fourth-order valence-corrected chi connectivity index (χ4v) is 4.18. The van der Waals surface area contributed by atoms with Crippen LogP contribution in [0.5, 0.6) is 0 Å². The number of aromatic nitrogens is 2. The van der Waals surface area contributed by atoms with Crippen molar-refractivity contribution in [2.24, 2.45) is 0 Å². The van der Waals surface area contributed by atoms with E-state index in [9.17, 15) is 22.8 Å². The molecule has 0 bridgehead atoms. The Morgan fingerprint density at radius 1 is 1.03 bits per heavy atom. The molecule has 7 nitrogen and oxygen atoms in total. The van der Waals surface area contributed by atoms with Crippen molar-refractivity contribution in [3.63, 3.8) is 0 Å². The Hall–Kier alpha value is -3.37. The molecule has 1 aromatic heterocycles. The molecule has 2 heterocycles. The van der Waals surface area contributed by atoms with Crippen molar-refractivity contribution in [2.45, 2.75) is 19.1 Å². The lowest BCUT2D eigenvalue weighted by atomic mass is 10.1. The molecule has 1 amide bonds. The number of nitrogens with zero attached hydrogens (tertiary/aromatic N) is 4. The maximum atomic E-state index is 13.4. The highest BCUT2D eigenvalue weighted by atomic mass is 35.5. The van der Waals surface area contributed by atoms with Gasteiger partial charge in [0.25, 0.3) is 5.91 Å². The Morgan fingerprint density at radius 2 is 1.66 bits per heavy atom. The average Bonchev–Trinajstić information content (AvgIpc) is 3.29. The summed E-state index contributed by atoms with van der Waals surface area (Å²) in [6, 6.07) is 13.0. The van der Waals surface area contributed by atoms with Gasteiger partial charge in [0, 0.05) is 37.3 Å². The standard InChI is InChI=1S/C24H22ClF3N4O3/c1-15(23(34)35)30-10-12-31(13-11-30)22(33)17-8-6-16(7-9-17)20-14-21(24(26,27)28)29-32(20)19-5-3-2-4-18(19)25/h2-9,14-15H,10-13H2,1H3,(H,34,35). The van der Waals surface area contributed by atoms with Gasteiger partial charge < -0.3 is 10.0 Å². The molecule has 1 aliphatic heterocycles. The van der Waals surface area contributed by atoms with Gasteiger partial charge >= 0.3 is 12.1 Å². The van der Waals surface area contributed by atoms with Crippen LogP contribution in [0.2, 0.25) is 5.02 Å². The Morgan fingerprint density at radius 3 is 2.23 bits per heavy atom. The molecule has 2 aromatic carbocycles. The molecule has 0 saturated carbocycles. The Kier molecular flexibility index (Phi) is 6.86. The molecule has 1 unspecified atom stereocenters. The summed E-state index contributed by atoms with van der Waals surface area (Å²) in [4.78, 5) is 27.5. The third kappa shape index (κ3) is 5.18. The zero-order chi connectivity index (χ0) is 25.3. The molecule has 1 N–H and O–H groups in total. The first-order chi connectivity index (χ1) is 16.6. The molecule has 0 aliphatic carbocycles. The molecule has 0 spiro atoms. The van der Waals surface area contributed by atoms with E-state index in [0.717, 1.165) is 10.7 Å². The van der Waals surface area contributed by atoms with E-state index >= 15 is 0 Å². The summed E-state index contributed by atoms with van der Waals surface area (Å²) in [6.45, 7) is 3.25. The van der Waals surface area contributed by atoms with Crippen molar-refractivity contribution in [1.29, 1.82) is 0 Å². The van der Waals surface area contributed by atoms with Gasteiger partial charge in [-0.2, -0.15) is 18.3 Å². The number of carboxylic acid groups (broad SMARTS) is 1. The highest BCUT2D eigenvalue weighted by Gasteiger charge is 2.35. The predicted molar refractivity (Wildman–Crippen MR) is 124 cm³/mol. The van der Waals surface area contributed by atoms with Crippen LogP contribution < -0.4 is 0 Å². The monoisotopic (exact) mass is 506 g/mol. The van der Waals surface area contributed by atoms with Crippen LogP contribution in [0.25, 0.3) is 16.9 Å². The minimum Gasteiger partial charge on any atom is -0.480 e. The summed E-state index contributed by atoms with van der Waals surface area (Å²) in [5, 5.41) is 13.1. The number of para-hydroxylation sites is 1. The molecule has 1 atom stereocenters. The first-order valence-electron chi connectivity index (χ1n) is 10.8. The summed E-state index contributed by atoms with van der Waals surface area (Å²) < 4.78 is 41.4. The first kappa shape index (κ1) is 24.7. The summed E-state index contributed by atoms with van der Waals surface area (Å²) >= 11 is 6.21. The maximum Gasteiger partial charge on any atom is 0.435 e. The number of hydrogen-bond acceptors (Lipinski definition) is 4. The summed E-state index contributed by atoms with van der Waals surface area (Å²) in [6.07, 6.45) is -4.64. The van der Waals surface area contributed by atoms with Crippen LogP contribution >= 0.6 is 11.6 Å². The smallest absolute Gasteiger partial charge is 0.435 e. The molecular formula is C24H22ClF3N4O3. The Balaban J connectivity index is 1.57. The van der Waals surface area contributed by atoms with Crippen LogP contribution in [-0.2, 0) is 11.0 Å². The zero-order valence-corrected chi connectivity index (χ0v) is 19.4. The maximum absolute atomic E-state index is 13.4. The number of hydrogen-bond donors (Lipinski definition) is 1. The average molecular weight is 507 g/mol. The van der Waals surface area contributed by atoms with Gasteiger partial charge in [-0.15, -0.1) is 0 Å². The van der Waals surface area contributed by atoms with Crippen LogP contribution in [-0.4, -0.2) is 68.8 Å². The third-order valence-corrected chi connectivity index (χ3v) is 6.33. The molecule has 11 heteroatoms. The van der Waals surface area contributed by atoms with Crippen LogP contribution in [0, 0.1) is 0 Å². The molecule has 184 valence electrons. The van der Waals surface area contributed by atoms with Crippen LogP contribution in [0.3, 0.4) is 0 Å². The van der Waals surface area contributed by atoms with Crippen molar-refractivity contribution in [3.05, 3.63) is 70.9 Å². The number of benzene rings is 2. The first-order valence-corrected chi connectivity index (χ1v) is 11.2. The van der Waals surface area contributed by atoms with Crippen molar-refractivity contribution < 1.29 is 27.9 Å². The van der Waals surface area contributed by atoms with Crippen LogP contribution in [0.1, 0.15) is 23.0 Å². The second-order valence-electron chi connectivity index (χ2n) is 8.20. The van der Waals surface area contributed by atoms with Crippen molar-refractivity contribution in [3.8, 4) is 16.9 Å². The largest absolute Gasteiger partial charge is 0.480 e. The number of piperazine rings is 1. The number of rotatable bonds is 5. The van der Waals surface area contributed by atoms with E-state index in [1.54, 1.807) is 65.3 Å². The van der Waals surface area contributed by atoms with Gasteiger partial charge in [0.1, 0.15) is 6.04 Å². The van der Waals surface area contributed by atoms with E-state index in [-0.39, 0.29) is 16.6 Å². The van der Waals surface area contributed by atoms with Crippen LogP contribution in [0.15, 0.2) is 54.6 Å². The molecule has 1 saturated heterocycles. The normalized spacial score (nSPS) is 15.7. The number of carbonyl (C=O) groups is 2. The van der Waals surface area contributed by atoms with Gasteiger partial charge in [-0.3, -0.25) is 14.5 Å². The van der Waals surface area contributed by atoms with Gasteiger partial charge in [-0.25, -0.2) is 4.68 Å². The number of aliphatic carboxylic acids is 1. The molecule has 1 fully saturated rings. The quantitative estimate of drug-likeness (QED) is 0.553. The van der Waals surface area contributed by atoms with E-state index in [0.29, 0.717) is 43.0 Å². The van der Waals surface area contributed by atoms with E-state index < -0.39 is 23.9 Å². The summed E-state index contributed by atoms with van der Waals surface area (Å²) in [5.74, 6) is -1.14. The second-order valence-corrected chi connectivity index (χ2v) is 8.60. The summed E-state index contributed by atoms with van der Waals surface area (Å²) in [7, 11) is 0. The highest BCUT2D eigenvalue weighted by molar-refractivity contribution is 6.32. The zero-order valence-electron chi connectivity index (χ0n) is 18.7. The third-order valence-electron chi connectivity index (χ3n) is 6.01. The van der Waals surface area contributed by atoms with Crippen molar-refractivity contribution >= 4 is 23.5 Å². The van der Waals surface area contributed by atoms with Gasteiger partial charge in [0.2, 0.25) is 0 Å². The Bertz CT molecular complexity index is 1240. The minimum atomic E-state index is -4.64. The number of amides is 1. The molecule has 3 aromatic rings. The number of carbonyl (C=O) groups excluding carboxylic acids is 1. The van der Waals surface area contributed by atoms with Gasteiger partial charge in [0.05, 0.1) is 16.4 Å². The van der Waals surface area contributed by atoms with Gasteiger partial charge in [-0.05, 0) is 37.3 Å². The Labute approximate surface area is 204 Å². The highest BCUT2D eigenvalue weighted by Crippen LogP contribution is 2.34. The van der Waals surface area contributed by atoms with E-state index in [1.807, 2.05) is 0 Å². The lowest BCUT2D eigenvalue weighted by Gasteiger charge is -2.36. The lowest BCUT2D eigenvalue weighted by molar-refractivity contribution is -0.143. The minimum absolute atomic E-state index is 0.181. The van der Waals surface area contributed by atoms with Crippen molar-refractivity contribution in [1.82, 2.24) is 19.6 Å². The SMILES string of the molecule is CC(C(=O)O)N1CCN(C(=O)c2ccc(-c3cc(C(F)(F)F)nn3-c3ccccc3Cl)cc2)CC1. The van der Waals surface area contributed by atoms with Crippen LogP contribution in [0.4, 0.5) is 13.2 Å². The fraction of sp³-hybridized carbons (Fsp3) is 0.292.